The van der Waals surface area contributed by atoms with Gasteiger partial charge in [0.1, 0.15) is 79.4 Å². The van der Waals surface area contributed by atoms with Crippen molar-refractivity contribution in [2.45, 2.75) is 169 Å². The van der Waals surface area contributed by atoms with E-state index in [1.54, 1.807) is 0 Å². The fourth-order valence-electron chi connectivity index (χ4n) is 12.8. The Bertz CT molecular complexity index is 1530. The lowest BCUT2D eigenvalue weighted by Gasteiger charge is -2.61. The van der Waals surface area contributed by atoms with Crippen LogP contribution in [-0.4, -0.2) is 192 Å². The Hall–Kier alpha value is -1.47. The number of aliphatic hydroxyl groups is 11. The van der Waals surface area contributed by atoms with Gasteiger partial charge < -0.3 is 89.3 Å². The van der Waals surface area contributed by atoms with Gasteiger partial charge in [0.05, 0.1) is 32.0 Å². The summed E-state index contributed by atoms with van der Waals surface area (Å²) in [4.78, 5) is 12.4. The molecule has 8 aliphatic rings. The summed E-state index contributed by atoms with van der Waals surface area (Å²) in [5, 5.41) is 117. The minimum Gasteiger partial charge on any atom is -0.458 e. The van der Waals surface area contributed by atoms with Gasteiger partial charge in [-0.05, 0) is 79.4 Å². The monoisotopic (exact) mass is 846 g/mol. The van der Waals surface area contributed by atoms with E-state index in [1.807, 2.05) is 0 Å². The third-order valence-electron chi connectivity index (χ3n) is 15.9. The van der Waals surface area contributed by atoms with Crippen molar-refractivity contribution >= 4 is 5.97 Å². The van der Waals surface area contributed by atoms with Crippen molar-refractivity contribution < 1.29 is 94.1 Å². The molecule has 0 bridgehead atoms. The second kappa shape index (κ2) is 16.6. The predicted octanol–water partition coefficient (Wildman–Crippen LogP) is -3.46. The zero-order valence-electron chi connectivity index (χ0n) is 33.2. The third-order valence-corrected chi connectivity index (χ3v) is 15.9. The molecular weight excluding hydrogens is 784 g/mol. The second-order valence-corrected chi connectivity index (χ2v) is 18.9. The number of carbonyl (C=O) groups is 1. The van der Waals surface area contributed by atoms with E-state index >= 15 is 0 Å². The zero-order valence-corrected chi connectivity index (χ0v) is 33.2. The van der Waals surface area contributed by atoms with Gasteiger partial charge in [0.15, 0.2) is 18.9 Å². The minimum atomic E-state index is -1.92. The molecule has 0 spiro atoms. The van der Waals surface area contributed by atoms with Gasteiger partial charge in [-0.2, -0.15) is 0 Å². The van der Waals surface area contributed by atoms with Gasteiger partial charge in [0.2, 0.25) is 0 Å². The van der Waals surface area contributed by atoms with E-state index in [-0.39, 0.29) is 34.7 Å². The van der Waals surface area contributed by atoms with Crippen LogP contribution in [0.2, 0.25) is 0 Å². The van der Waals surface area contributed by atoms with Crippen LogP contribution in [0.25, 0.3) is 0 Å². The second-order valence-electron chi connectivity index (χ2n) is 18.9. The van der Waals surface area contributed by atoms with Crippen molar-refractivity contribution in [2.75, 3.05) is 19.8 Å². The highest BCUT2D eigenvalue weighted by molar-refractivity contribution is 5.91. The van der Waals surface area contributed by atoms with Crippen molar-refractivity contribution in [3.05, 3.63) is 12.2 Å². The molecule has 4 saturated carbocycles. The maximum atomic E-state index is 12.4. The smallest absolute Gasteiger partial charge is 0.334 e. The van der Waals surface area contributed by atoms with E-state index in [2.05, 4.69) is 20.4 Å². The van der Waals surface area contributed by atoms with E-state index in [1.165, 1.54) is 0 Å². The van der Waals surface area contributed by atoms with Gasteiger partial charge in [0.25, 0.3) is 0 Å². The first-order valence-corrected chi connectivity index (χ1v) is 21.1. The quantitative estimate of drug-likeness (QED) is 0.0611. The SMILES string of the molecule is C=C1C(=O)OC2CC3C4CCC5CC(OC6OC(CO)C(OC7OC(CO)C(O)C(O)C7OC7OC(CO)C(O)C(O)C7O)C(O)C6O)C(O)CC5(C)C4CCC3(C)C12. The van der Waals surface area contributed by atoms with Crippen LogP contribution >= 0.6 is 0 Å². The molecule has 25 atom stereocenters. The van der Waals surface area contributed by atoms with Crippen molar-refractivity contribution in [2.24, 2.45) is 40.4 Å². The standard InChI is InChI=1S/C40H62O19/c1-14-25-21(53-35(14)52)9-18-16-5-4-15-8-20(19(44)10-40(15,3)17(16)6-7-39(18,25)2)54-36-32(51)30(49)33(24(13-43)57-36)58-38-34(29(48)27(46)23(12-42)56-38)59-37-31(50)28(47)26(45)22(11-41)55-37/h15-34,36-38,41-51H,1,4-13H2,2-3H3. The molecule has 4 aliphatic carbocycles. The Kier molecular flexibility index (Phi) is 12.4. The predicted molar refractivity (Wildman–Crippen MR) is 195 cm³/mol. The van der Waals surface area contributed by atoms with Crippen molar-refractivity contribution in [3.8, 4) is 0 Å². The number of esters is 1. The maximum absolute atomic E-state index is 12.4. The fraction of sp³-hybridized carbons (Fsp3) is 0.925. The lowest BCUT2D eigenvalue weighted by Crippen LogP contribution is -2.67. The van der Waals surface area contributed by atoms with Crippen LogP contribution in [0, 0.1) is 40.4 Å². The number of fused-ring (bicyclic) bond motifs is 7. The Morgan fingerprint density at radius 3 is 1.90 bits per heavy atom. The van der Waals surface area contributed by atoms with Gasteiger partial charge in [-0.3, -0.25) is 0 Å². The minimum absolute atomic E-state index is 0.0321. The highest BCUT2D eigenvalue weighted by Gasteiger charge is 2.66. The number of hydrogen-bond acceptors (Lipinski definition) is 19. The Morgan fingerprint density at radius 1 is 0.644 bits per heavy atom. The average molecular weight is 847 g/mol. The molecular formula is C40H62O19. The highest BCUT2D eigenvalue weighted by Crippen LogP contribution is 2.69. The molecule has 4 aliphatic heterocycles. The van der Waals surface area contributed by atoms with Crippen LogP contribution in [0.5, 0.6) is 0 Å². The molecule has 11 N–H and O–H groups in total. The van der Waals surface area contributed by atoms with Gasteiger partial charge >= 0.3 is 5.97 Å². The van der Waals surface area contributed by atoms with Crippen LogP contribution in [0.4, 0.5) is 0 Å². The van der Waals surface area contributed by atoms with Gasteiger partial charge in [0, 0.05) is 11.5 Å². The summed E-state index contributed by atoms with van der Waals surface area (Å²) in [5.74, 6) is 1.05. The molecule has 25 unspecified atom stereocenters. The number of aliphatic hydroxyl groups excluding tert-OH is 11. The Morgan fingerprint density at radius 2 is 1.22 bits per heavy atom. The summed E-state index contributed by atoms with van der Waals surface area (Å²) >= 11 is 0. The van der Waals surface area contributed by atoms with Crippen LogP contribution in [0.1, 0.15) is 58.8 Å². The molecule has 0 aromatic carbocycles. The van der Waals surface area contributed by atoms with Crippen molar-refractivity contribution in [1.29, 1.82) is 0 Å². The lowest BCUT2D eigenvalue weighted by atomic mass is 9.44. The maximum Gasteiger partial charge on any atom is 0.334 e. The number of ether oxygens (including phenoxy) is 7. The van der Waals surface area contributed by atoms with E-state index in [0.29, 0.717) is 36.2 Å². The largest absolute Gasteiger partial charge is 0.458 e. The Balaban J connectivity index is 0.932. The summed E-state index contributed by atoms with van der Waals surface area (Å²) in [6, 6.07) is 0. The van der Waals surface area contributed by atoms with Crippen LogP contribution in [-0.2, 0) is 38.0 Å². The van der Waals surface area contributed by atoms with Gasteiger partial charge in [-0.1, -0.05) is 20.4 Å². The molecule has 19 heteroatoms. The summed E-state index contributed by atoms with van der Waals surface area (Å²) in [5.41, 5.74) is 0.317. The topological polar surface area (TPSA) is 304 Å². The first kappa shape index (κ1) is 44.1. The summed E-state index contributed by atoms with van der Waals surface area (Å²) in [7, 11) is 0. The molecule has 0 radical (unpaired) electrons. The zero-order chi connectivity index (χ0) is 42.5. The fourth-order valence-corrected chi connectivity index (χ4v) is 12.8. The van der Waals surface area contributed by atoms with Gasteiger partial charge in [-0.15, -0.1) is 0 Å². The molecule has 4 heterocycles. The first-order chi connectivity index (χ1) is 28.0. The third kappa shape index (κ3) is 7.23. The molecule has 0 aromatic rings. The first-order valence-electron chi connectivity index (χ1n) is 21.1. The summed E-state index contributed by atoms with van der Waals surface area (Å²) in [6.45, 7) is 6.27. The van der Waals surface area contributed by atoms with E-state index < -0.39 is 124 Å². The molecule has 8 rings (SSSR count). The highest BCUT2D eigenvalue weighted by atomic mass is 16.8. The molecule has 0 amide bonds. The van der Waals surface area contributed by atoms with Crippen molar-refractivity contribution in [1.82, 2.24) is 0 Å². The molecule has 8 fully saturated rings. The molecule has 19 nitrogen and oxygen atoms in total. The van der Waals surface area contributed by atoms with Crippen molar-refractivity contribution in [3.63, 3.8) is 0 Å². The number of hydrogen-bond donors (Lipinski definition) is 11. The Labute approximate surface area is 341 Å². The molecule has 336 valence electrons. The average Bonchev–Trinajstić information content (AvgIpc) is 3.67. The van der Waals surface area contributed by atoms with Crippen LogP contribution in [0.3, 0.4) is 0 Å². The summed E-state index contributed by atoms with van der Waals surface area (Å²) < 4.78 is 40.7. The van der Waals surface area contributed by atoms with Crippen LogP contribution in [0.15, 0.2) is 12.2 Å². The molecule has 0 aromatic heterocycles. The number of carbonyl (C=O) groups excluding carboxylic acids is 1. The normalized spacial score (nSPS) is 56.1. The van der Waals surface area contributed by atoms with Gasteiger partial charge in [-0.25, -0.2) is 4.79 Å². The van der Waals surface area contributed by atoms with E-state index in [0.717, 1.165) is 32.1 Å². The number of rotatable bonds is 9. The molecule has 4 saturated heterocycles. The van der Waals surface area contributed by atoms with E-state index in [9.17, 15) is 61.0 Å². The van der Waals surface area contributed by atoms with Crippen LogP contribution < -0.4 is 0 Å². The summed E-state index contributed by atoms with van der Waals surface area (Å²) in [6.07, 6.45) is -21.9. The lowest BCUT2D eigenvalue weighted by molar-refractivity contribution is -0.391. The molecule has 59 heavy (non-hydrogen) atoms. The van der Waals surface area contributed by atoms with E-state index in [4.69, 9.17) is 33.2 Å².